The Hall–Kier alpha value is -3.42. The SMILES string of the molecule is O=C(CNC(=O)Nc1ccccc1)NNC(=O)c1ccccn1. The maximum absolute atomic E-state index is 11.6. The number of nitrogens with one attached hydrogen (secondary N) is 4. The van der Waals surface area contributed by atoms with Gasteiger partial charge in [-0.2, -0.15) is 0 Å². The summed E-state index contributed by atoms with van der Waals surface area (Å²) in [7, 11) is 0. The molecule has 0 bridgehead atoms. The van der Waals surface area contributed by atoms with E-state index >= 15 is 0 Å². The van der Waals surface area contributed by atoms with Crippen LogP contribution in [0.3, 0.4) is 0 Å². The molecule has 23 heavy (non-hydrogen) atoms. The Kier molecular flexibility index (Phi) is 5.64. The summed E-state index contributed by atoms with van der Waals surface area (Å²) in [6.45, 7) is -0.291. The number of carbonyl (C=O) groups excluding carboxylic acids is 3. The molecule has 0 spiro atoms. The predicted octanol–water partition coefficient (Wildman–Crippen LogP) is 0.664. The lowest BCUT2D eigenvalue weighted by molar-refractivity contribution is -0.120. The van der Waals surface area contributed by atoms with Crippen LogP contribution >= 0.6 is 0 Å². The lowest BCUT2D eigenvalue weighted by Gasteiger charge is -2.09. The maximum atomic E-state index is 11.6. The summed E-state index contributed by atoms with van der Waals surface area (Å²) in [5.74, 6) is -1.12. The van der Waals surface area contributed by atoms with E-state index in [0.717, 1.165) is 0 Å². The van der Waals surface area contributed by atoms with Crippen LogP contribution < -0.4 is 21.5 Å². The van der Waals surface area contributed by atoms with Gasteiger partial charge in [0.15, 0.2) is 0 Å². The molecule has 118 valence electrons. The molecule has 0 aliphatic carbocycles. The Balaban J connectivity index is 1.69. The van der Waals surface area contributed by atoms with Crippen LogP contribution in [0.1, 0.15) is 10.5 Å². The smallest absolute Gasteiger partial charge is 0.319 e. The van der Waals surface area contributed by atoms with Gasteiger partial charge in [0.05, 0.1) is 0 Å². The molecule has 2 rings (SSSR count). The molecule has 8 heteroatoms. The first-order chi connectivity index (χ1) is 11.1. The summed E-state index contributed by atoms with van der Waals surface area (Å²) >= 11 is 0. The lowest BCUT2D eigenvalue weighted by Crippen LogP contribution is -2.47. The highest BCUT2D eigenvalue weighted by atomic mass is 16.2. The zero-order chi connectivity index (χ0) is 16.5. The van der Waals surface area contributed by atoms with Crippen molar-refractivity contribution in [1.82, 2.24) is 21.2 Å². The number of nitrogens with zero attached hydrogens (tertiary/aromatic N) is 1. The summed E-state index contributed by atoms with van der Waals surface area (Å²) < 4.78 is 0. The second-order valence-corrected chi connectivity index (χ2v) is 4.39. The van der Waals surface area contributed by atoms with Crippen LogP contribution in [0.25, 0.3) is 0 Å². The zero-order valence-corrected chi connectivity index (χ0v) is 12.1. The fraction of sp³-hybridized carbons (Fsp3) is 0.0667. The molecule has 0 atom stereocenters. The third kappa shape index (κ3) is 5.46. The molecule has 4 amide bonds. The molecular weight excluding hydrogens is 298 g/mol. The van der Waals surface area contributed by atoms with E-state index < -0.39 is 17.8 Å². The van der Waals surface area contributed by atoms with Crippen LogP contribution in [0.2, 0.25) is 0 Å². The first-order valence-corrected chi connectivity index (χ1v) is 6.75. The minimum Gasteiger partial charge on any atom is -0.329 e. The van der Waals surface area contributed by atoms with E-state index in [1.54, 1.807) is 36.4 Å². The summed E-state index contributed by atoms with van der Waals surface area (Å²) in [6, 6.07) is 13.1. The van der Waals surface area contributed by atoms with Crippen LogP contribution in [0.4, 0.5) is 10.5 Å². The average Bonchev–Trinajstić information content (AvgIpc) is 2.59. The summed E-state index contributed by atoms with van der Waals surface area (Å²) in [6.07, 6.45) is 1.46. The van der Waals surface area contributed by atoms with Crippen molar-refractivity contribution in [2.75, 3.05) is 11.9 Å². The first-order valence-electron chi connectivity index (χ1n) is 6.75. The predicted molar refractivity (Wildman–Crippen MR) is 83.3 cm³/mol. The summed E-state index contributed by atoms with van der Waals surface area (Å²) in [5.41, 5.74) is 5.15. The molecule has 0 radical (unpaired) electrons. The van der Waals surface area contributed by atoms with Gasteiger partial charge in [-0.1, -0.05) is 24.3 Å². The van der Waals surface area contributed by atoms with Gasteiger partial charge in [-0.25, -0.2) is 4.79 Å². The first kappa shape index (κ1) is 16.0. The number of carbonyl (C=O) groups is 3. The van der Waals surface area contributed by atoms with Crippen molar-refractivity contribution in [2.24, 2.45) is 0 Å². The van der Waals surface area contributed by atoms with E-state index in [9.17, 15) is 14.4 Å². The molecular formula is C15H15N5O3. The number of anilines is 1. The number of hydrazine groups is 1. The number of amides is 4. The number of para-hydroxylation sites is 1. The third-order valence-corrected chi connectivity index (χ3v) is 2.65. The van der Waals surface area contributed by atoms with E-state index in [0.29, 0.717) is 5.69 Å². The maximum Gasteiger partial charge on any atom is 0.319 e. The summed E-state index contributed by atoms with van der Waals surface area (Å²) in [5, 5.41) is 4.93. The van der Waals surface area contributed by atoms with E-state index in [1.165, 1.54) is 12.3 Å². The van der Waals surface area contributed by atoms with E-state index in [1.807, 2.05) is 6.07 Å². The molecule has 0 aliphatic rings. The second-order valence-electron chi connectivity index (χ2n) is 4.39. The Bertz CT molecular complexity index is 676. The van der Waals surface area contributed by atoms with Gasteiger partial charge in [0.2, 0.25) is 0 Å². The highest BCUT2D eigenvalue weighted by Crippen LogP contribution is 2.03. The van der Waals surface area contributed by atoms with Crippen molar-refractivity contribution >= 4 is 23.5 Å². The van der Waals surface area contributed by atoms with Gasteiger partial charge in [-0.15, -0.1) is 0 Å². The standard InChI is InChI=1S/C15H15N5O3/c21-13(19-20-14(22)12-8-4-5-9-16-12)10-17-15(23)18-11-6-2-1-3-7-11/h1-9H,10H2,(H,19,21)(H,20,22)(H2,17,18,23). The molecule has 0 aliphatic heterocycles. The van der Waals surface area contributed by atoms with Crippen LogP contribution in [0, 0.1) is 0 Å². The van der Waals surface area contributed by atoms with Gasteiger partial charge < -0.3 is 10.6 Å². The highest BCUT2D eigenvalue weighted by Gasteiger charge is 2.09. The number of rotatable bonds is 4. The number of hydrogen-bond acceptors (Lipinski definition) is 4. The zero-order valence-electron chi connectivity index (χ0n) is 12.1. The molecule has 8 nitrogen and oxygen atoms in total. The van der Waals surface area contributed by atoms with Crippen molar-refractivity contribution in [3.05, 3.63) is 60.4 Å². The molecule has 0 saturated carbocycles. The molecule has 1 aromatic carbocycles. The Morgan fingerprint density at radius 3 is 2.35 bits per heavy atom. The van der Waals surface area contributed by atoms with Crippen molar-refractivity contribution in [3.63, 3.8) is 0 Å². The number of benzene rings is 1. The van der Waals surface area contributed by atoms with E-state index in [2.05, 4.69) is 26.5 Å². The number of urea groups is 1. The Labute approximate surface area is 132 Å². The van der Waals surface area contributed by atoms with Gasteiger partial charge in [-0.05, 0) is 24.3 Å². The minimum absolute atomic E-state index is 0.169. The normalized spacial score (nSPS) is 9.57. The van der Waals surface area contributed by atoms with Crippen LogP contribution in [0.15, 0.2) is 54.7 Å². The number of aromatic nitrogens is 1. The Morgan fingerprint density at radius 1 is 0.913 bits per heavy atom. The molecule has 0 fully saturated rings. The summed E-state index contributed by atoms with van der Waals surface area (Å²) in [4.78, 5) is 38.6. The van der Waals surface area contributed by atoms with Crippen LogP contribution in [0.5, 0.6) is 0 Å². The van der Waals surface area contributed by atoms with E-state index in [4.69, 9.17) is 0 Å². The average molecular weight is 313 g/mol. The van der Waals surface area contributed by atoms with Crippen LogP contribution in [-0.2, 0) is 4.79 Å². The topological polar surface area (TPSA) is 112 Å². The minimum atomic E-state index is -0.572. The van der Waals surface area contributed by atoms with Crippen molar-refractivity contribution < 1.29 is 14.4 Å². The van der Waals surface area contributed by atoms with Gasteiger partial charge in [0, 0.05) is 11.9 Å². The van der Waals surface area contributed by atoms with E-state index in [-0.39, 0.29) is 12.2 Å². The molecule has 0 unspecified atom stereocenters. The number of hydrogen-bond donors (Lipinski definition) is 4. The second kappa shape index (κ2) is 8.13. The third-order valence-electron chi connectivity index (χ3n) is 2.65. The van der Waals surface area contributed by atoms with Crippen molar-refractivity contribution in [2.45, 2.75) is 0 Å². The van der Waals surface area contributed by atoms with Gasteiger partial charge >= 0.3 is 6.03 Å². The molecule has 0 saturated heterocycles. The van der Waals surface area contributed by atoms with Gasteiger partial charge in [0.1, 0.15) is 12.2 Å². The van der Waals surface area contributed by atoms with Gasteiger partial charge in [0.25, 0.3) is 11.8 Å². The fourth-order valence-corrected chi connectivity index (χ4v) is 1.59. The van der Waals surface area contributed by atoms with Gasteiger partial charge in [-0.3, -0.25) is 25.4 Å². The largest absolute Gasteiger partial charge is 0.329 e. The fourth-order valence-electron chi connectivity index (χ4n) is 1.59. The van der Waals surface area contributed by atoms with Crippen molar-refractivity contribution in [3.8, 4) is 0 Å². The molecule has 2 aromatic rings. The highest BCUT2D eigenvalue weighted by molar-refractivity contribution is 5.95. The lowest BCUT2D eigenvalue weighted by atomic mass is 10.3. The molecule has 1 aromatic heterocycles. The number of pyridine rings is 1. The molecule has 4 N–H and O–H groups in total. The Morgan fingerprint density at radius 2 is 1.65 bits per heavy atom. The van der Waals surface area contributed by atoms with Crippen molar-refractivity contribution in [1.29, 1.82) is 0 Å². The van der Waals surface area contributed by atoms with Crippen LogP contribution in [-0.4, -0.2) is 29.4 Å². The molecule has 1 heterocycles. The monoisotopic (exact) mass is 313 g/mol. The quantitative estimate of drug-likeness (QED) is 0.621.